The molecule has 0 aliphatic carbocycles. The van der Waals surface area contributed by atoms with E-state index in [0.717, 1.165) is 11.1 Å². The van der Waals surface area contributed by atoms with Gasteiger partial charge in [0.1, 0.15) is 0 Å². The number of aromatic nitrogens is 4. The predicted octanol–water partition coefficient (Wildman–Crippen LogP) is 7.41. The van der Waals surface area contributed by atoms with E-state index in [1.165, 1.54) is 6.07 Å². The Balaban J connectivity index is 0.000000282. The van der Waals surface area contributed by atoms with Gasteiger partial charge in [-0.15, -0.1) is 24.3 Å². The van der Waals surface area contributed by atoms with Crippen LogP contribution in [0.25, 0.3) is 39.0 Å². The van der Waals surface area contributed by atoms with Crippen LogP contribution in [0, 0.1) is 24.4 Å². The Morgan fingerprint density at radius 1 is 1.00 bits per heavy atom. The second kappa shape index (κ2) is 11.2. The molecule has 4 aromatic heterocycles. The zero-order valence-corrected chi connectivity index (χ0v) is 23.0. The smallest absolute Gasteiger partial charge is 0.216 e. The number of hydrogen-bond donors (Lipinski definition) is 0. The molecule has 5 nitrogen and oxygen atoms in total. The van der Waals surface area contributed by atoms with Gasteiger partial charge in [0, 0.05) is 56.6 Å². The van der Waals surface area contributed by atoms with E-state index in [2.05, 4.69) is 27.2 Å². The molecular weight excluding hydrogens is 637 g/mol. The first kappa shape index (κ1) is 20.5. The molecule has 0 saturated heterocycles. The average Bonchev–Trinajstić information content (AvgIpc) is 3.61. The molecule has 0 aliphatic heterocycles. The van der Waals surface area contributed by atoms with Crippen LogP contribution in [0.15, 0.2) is 89.7 Å². The Labute approximate surface area is 238 Å². The average molecular weight is 670 g/mol. The summed E-state index contributed by atoms with van der Waals surface area (Å²) >= 11 is 0. The monoisotopic (exact) mass is 670 g/mol. The molecule has 6 aromatic rings. The Kier molecular flexibility index (Phi) is 6.19. The zero-order chi connectivity index (χ0) is 29.4. The number of para-hydroxylation sites is 1. The van der Waals surface area contributed by atoms with E-state index in [1.54, 1.807) is 41.3 Å². The van der Waals surface area contributed by atoms with Crippen LogP contribution < -0.4 is 0 Å². The maximum Gasteiger partial charge on any atom is 0.216 e. The van der Waals surface area contributed by atoms with Crippen LogP contribution in [0.5, 0.6) is 0 Å². The number of fused-ring (bicyclic) bond motifs is 3. The number of nitrogens with zero attached hydrogens (tertiary/aromatic N) is 4. The van der Waals surface area contributed by atoms with Gasteiger partial charge in [0.2, 0.25) is 5.71 Å². The fraction of sp³-hybridized carbons (Fsp3) is 0.194. The largest absolute Gasteiger partial charge is 0.486 e. The van der Waals surface area contributed by atoms with Crippen LogP contribution in [-0.2, 0) is 26.5 Å². The number of aryl methyl sites for hydroxylation is 1. The third kappa shape index (κ3) is 6.22. The molecule has 189 valence electrons. The summed E-state index contributed by atoms with van der Waals surface area (Å²) in [4.78, 5) is 8.60. The molecule has 4 heterocycles. The van der Waals surface area contributed by atoms with E-state index in [4.69, 9.17) is 11.3 Å². The van der Waals surface area contributed by atoms with Gasteiger partial charge in [0.25, 0.3) is 0 Å². The standard InChI is InChI=1S/C22H21N2O.C9H7N2.Ir/c1-14-8-9-17-16-6-5-7-18(20(16)25-21(17)24-14)19-12-15(10-11-23-19)13-22(2,3)4;1-2-5-9(6-3-1)11-8-4-7-10-11;/h5-6,8-12H,13H2,1-4H3;1-5,7-8H;/q2*-1;/i1D3,13D2;;. The molecule has 6 heteroatoms. The summed E-state index contributed by atoms with van der Waals surface area (Å²) in [5.41, 5.74) is 2.69. The summed E-state index contributed by atoms with van der Waals surface area (Å²) in [6.07, 6.45) is 3.66. The van der Waals surface area contributed by atoms with Crippen molar-refractivity contribution in [3.05, 3.63) is 109 Å². The van der Waals surface area contributed by atoms with Gasteiger partial charge in [-0.1, -0.05) is 43.4 Å². The van der Waals surface area contributed by atoms with Gasteiger partial charge < -0.3 is 9.40 Å². The fourth-order valence-electron chi connectivity index (χ4n) is 3.83. The summed E-state index contributed by atoms with van der Waals surface area (Å²) in [7, 11) is 0. The SMILES string of the molecule is [2H]C([2H])([2H])c1ccc2c(n1)oc1c(-c3cc(C([2H])([2H])C(C)(C)C)ccn3)[c-]ccc12.[Ir].[c-]1ccccc1-n1cccn1. The van der Waals surface area contributed by atoms with Crippen molar-refractivity contribution < 1.29 is 31.4 Å². The maximum absolute atomic E-state index is 8.55. The predicted molar refractivity (Wildman–Crippen MR) is 144 cm³/mol. The van der Waals surface area contributed by atoms with E-state index in [9.17, 15) is 0 Å². The molecule has 0 amide bonds. The van der Waals surface area contributed by atoms with E-state index >= 15 is 0 Å². The molecule has 0 atom stereocenters. The van der Waals surface area contributed by atoms with Crippen molar-refractivity contribution in [2.75, 3.05) is 0 Å². The fourth-order valence-corrected chi connectivity index (χ4v) is 3.83. The first-order valence-electron chi connectivity index (χ1n) is 14.0. The van der Waals surface area contributed by atoms with Crippen LogP contribution in [0.2, 0.25) is 0 Å². The van der Waals surface area contributed by atoms with E-state index < -0.39 is 18.6 Å². The van der Waals surface area contributed by atoms with Crippen molar-refractivity contribution in [2.45, 2.75) is 34.0 Å². The quantitative estimate of drug-likeness (QED) is 0.184. The van der Waals surface area contributed by atoms with Crippen molar-refractivity contribution in [2.24, 2.45) is 5.41 Å². The maximum atomic E-state index is 8.55. The first-order chi connectivity index (χ1) is 19.4. The van der Waals surface area contributed by atoms with Crippen LogP contribution in [0.1, 0.15) is 38.9 Å². The molecule has 37 heavy (non-hydrogen) atoms. The topological polar surface area (TPSA) is 56.7 Å². The Hall–Kier alpha value is -3.60. The van der Waals surface area contributed by atoms with Gasteiger partial charge in [-0.05, 0) is 54.3 Å². The zero-order valence-electron chi connectivity index (χ0n) is 25.6. The number of hydrogen-bond acceptors (Lipinski definition) is 4. The van der Waals surface area contributed by atoms with Crippen LogP contribution >= 0.6 is 0 Å². The molecule has 0 N–H and O–H groups in total. The van der Waals surface area contributed by atoms with Crippen molar-refractivity contribution >= 4 is 22.1 Å². The molecule has 0 aliphatic rings. The van der Waals surface area contributed by atoms with Gasteiger partial charge in [-0.2, -0.15) is 29.4 Å². The molecule has 6 rings (SSSR count). The van der Waals surface area contributed by atoms with Gasteiger partial charge in [-0.25, -0.2) is 4.98 Å². The van der Waals surface area contributed by atoms with Crippen molar-refractivity contribution in [1.29, 1.82) is 0 Å². The molecule has 2 aromatic carbocycles. The normalized spacial score (nSPS) is 13.9. The van der Waals surface area contributed by atoms with Gasteiger partial charge >= 0.3 is 0 Å². The molecule has 0 fully saturated rings. The summed E-state index contributed by atoms with van der Waals surface area (Å²) in [5, 5.41) is 5.55. The van der Waals surface area contributed by atoms with Crippen LogP contribution in [-0.4, -0.2) is 19.7 Å². The van der Waals surface area contributed by atoms with Gasteiger partial charge in [-0.3, -0.25) is 4.68 Å². The third-order valence-corrected chi connectivity index (χ3v) is 5.28. The van der Waals surface area contributed by atoms with E-state index in [-0.39, 0.29) is 31.5 Å². The van der Waals surface area contributed by atoms with Crippen molar-refractivity contribution in [3.63, 3.8) is 0 Å². The summed E-state index contributed by atoms with van der Waals surface area (Å²) < 4.78 is 47.5. The minimum absolute atomic E-state index is 0. The molecule has 1 radical (unpaired) electrons. The molecule has 0 saturated carbocycles. The Morgan fingerprint density at radius 2 is 1.89 bits per heavy atom. The Morgan fingerprint density at radius 3 is 2.62 bits per heavy atom. The summed E-state index contributed by atoms with van der Waals surface area (Å²) in [6.45, 7) is 3.24. The van der Waals surface area contributed by atoms with Crippen LogP contribution in [0.3, 0.4) is 0 Å². The number of furan rings is 1. The summed E-state index contributed by atoms with van der Waals surface area (Å²) in [5.74, 6) is 0. The van der Waals surface area contributed by atoms with Crippen molar-refractivity contribution in [3.8, 4) is 16.9 Å². The van der Waals surface area contributed by atoms with Gasteiger partial charge in [0.15, 0.2) is 0 Å². The number of pyridine rings is 2. The Bertz CT molecular complexity index is 1790. The van der Waals surface area contributed by atoms with Gasteiger partial charge in [0.05, 0.1) is 5.58 Å². The van der Waals surface area contributed by atoms with Crippen LogP contribution in [0.4, 0.5) is 0 Å². The summed E-state index contributed by atoms with van der Waals surface area (Å²) in [6, 6.07) is 26.0. The minimum atomic E-state index is -2.32. The van der Waals surface area contributed by atoms with E-state index in [1.807, 2.05) is 63.4 Å². The van der Waals surface area contributed by atoms with E-state index in [0.29, 0.717) is 27.8 Å². The molecular formula is C31H28IrN4O-2. The minimum Gasteiger partial charge on any atom is -0.486 e. The molecule has 0 spiro atoms. The molecule has 0 bridgehead atoms. The number of benzene rings is 2. The second-order valence-corrected chi connectivity index (χ2v) is 9.25. The first-order valence-corrected chi connectivity index (χ1v) is 11.5. The van der Waals surface area contributed by atoms with Crippen molar-refractivity contribution in [1.82, 2.24) is 19.7 Å². The third-order valence-electron chi connectivity index (χ3n) is 5.28. The number of rotatable bonds is 3. The molecule has 0 unspecified atom stereocenters. The second-order valence-electron chi connectivity index (χ2n) is 9.25.